The van der Waals surface area contributed by atoms with Crippen LogP contribution in [0.1, 0.15) is 40.6 Å². The SMILES string of the molecule is Cc1ccc(C)c(C(N)C2CCOc3ccccc32)c1. The van der Waals surface area contributed by atoms with Gasteiger partial charge in [-0.2, -0.15) is 0 Å². The minimum absolute atomic E-state index is 0.0277. The monoisotopic (exact) mass is 267 g/mol. The van der Waals surface area contributed by atoms with Crippen LogP contribution in [0.4, 0.5) is 0 Å². The van der Waals surface area contributed by atoms with Crippen molar-refractivity contribution in [2.45, 2.75) is 32.2 Å². The van der Waals surface area contributed by atoms with Gasteiger partial charge in [0.05, 0.1) is 6.61 Å². The Morgan fingerprint density at radius 1 is 1.15 bits per heavy atom. The second kappa shape index (κ2) is 5.29. The van der Waals surface area contributed by atoms with Gasteiger partial charge < -0.3 is 10.5 Å². The summed E-state index contributed by atoms with van der Waals surface area (Å²) < 4.78 is 5.74. The van der Waals surface area contributed by atoms with Crippen LogP contribution in [-0.2, 0) is 0 Å². The minimum Gasteiger partial charge on any atom is -0.493 e. The fourth-order valence-corrected chi connectivity index (χ4v) is 3.08. The summed E-state index contributed by atoms with van der Waals surface area (Å²) in [4.78, 5) is 0. The highest BCUT2D eigenvalue weighted by Gasteiger charge is 2.28. The molecule has 2 N–H and O–H groups in total. The zero-order valence-corrected chi connectivity index (χ0v) is 12.1. The van der Waals surface area contributed by atoms with Crippen molar-refractivity contribution in [2.75, 3.05) is 6.61 Å². The predicted molar refractivity (Wildman–Crippen MR) is 82.1 cm³/mol. The van der Waals surface area contributed by atoms with Gasteiger partial charge >= 0.3 is 0 Å². The zero-order chi connectivity index (χ0) is 14.1. The van der Waals surface area contributed by atoms with E-state index in [1.807, 2.05) is 12.1 Å². The zero-order valence-electron chi connectivity index (χ0n) is 12.1. The van der Waals surface area contributed by atoms with E-state index < -0.39 is 0 Å². The highest BCUT2D eigenvalue weighted by atomic mass is 16.5. The van der Waals surface area contributed by atoms with Gasteiger partial charge in [-0.15, -0.1) is 0 Å². The fourth-order valence-electron chi connectivity index (χ4n) is 3.08. The normalized spacial score (nSPS) is 19.1. The topological polar surface area (TPSA) is 35.2 Å². The van der Waals surface area contributed by atoms with Crippen molar-refractivity contribution in [3.63, 3.8) is 0 Å². The molecule has 0 spiro atoms. The van der Waals surface area contributed by atoms with Crippen LogP contribution in [0.3, 0.4) is 0 Å². The molecule has 104 valence electrons. The first-order chi connectivity index (χ1) is 9.66. The lowest BCUT2D eigenvalue weighted by atomic mass is 9.82. The van der Waals surface area contributed by atoms with E-state index in [-0.39, 0.29) is 6.04 Å². The van der Waals surface area contributed by atoms with Crippen molar-refractivity contribution in [1.82, 2.24) is 0 Å². The summed E-state index contributed by atoms with van der Waals surface area (Å²) in [6.07, 6.45) is 0.978. The molecular formula is C18H21NO. The number of nitrogens with two attached hydrogens (primary N) is 1. The quantitative estimate of drug-likeness (QED) is 0.896. The van der Waals surface area contributed by atoms with E-state index in [0.29, 0.717) is 5.92 Å². The summed E-state index contributed by atoms with van der Waals surface area (Å²) in [6, 6.07) is 14.8. The molecule has 0 fully saturated rings. The van der Waals surface area contributed by atoms with E-state index in [4.69, 9.17) is 10.5 Å². The maximum atomic E-state index is 6.60. The van der Waals surface area contributed by atoms with Crippen molar-refractivity contribution in [3.8, 4) is 5.75 Å². The number of rotatable bonds is 2. The van der Waals surface area contributed by atoms with Crippen molar-refractivity contribution in [1.29, 1.82) is 0 Å². The number of hydrogen-bond acceptors (Lipinski definition) is 2. The summed E-state index contributed by atoms with van der Waals surface area (Å²) >= 11 is 0. The van der Waals surface area contributed by atoms with E-state index in [1.165, 1.54) is 22.3 Å². The maximum Gasteiger partial charge on any atom is 0.122 e. The highest BCUT2D eigenvalue weighted by molar-refractivity contribution is 5.42. The molecule has 2 aromatic carbocycles. The number of ether oxygens (including phenoxy) is 1. The van der Waals surface area contributed by atoms with Gasteiger partial charge in [0.25, 0.3) is 0 Å². The second-order valence-corrected chi connectivity index (χ2v) is 5.67. The first kappa shape index (κ1) is 13.2. The Morgan fingerprint density at radius 2 is 1.95 bits per heavy atom. The summed E-state index contributed by atoms with van der Waals surface area (Å²) in [5.41, 5.74) is 11.6. The third-order valence-electron chi connectivity index (χ3n) is 4.23. The molecule has 0 bridgehead atoms. The molecule has 1 heterocycles. The molecule has 2 nitrogen and oxygen atoms in total. The fraction of sp³-hybridized carbons (Fsp3) is 0.333. The number of hydrogen-bond donors (Lipinski definition) is 1. The van der Waals surface area contributed by atoms with Crippen LogP contribution in [0.2, 0.25) is 0 Å². The molecule has 0 saturated carbocycles. The van der Waals surface area contributed by atoms with Gasteiger partial charge in [0.1, 0.15) is 5.75 Å². The van der Waals surface area contributed by atoms with Crippen LogP contribution in [-0.4, -0.2) is 6.61 Å². The number of fused-ring (bicyclic) bond motifs is 1. The summed E-state index contributed by atoms with van der Waals surface area (Å²) in [5, 5.41) is 0. The van der Waals surface area contributed by atoms with Crippen molar-refractivity contribution in [2.24, 2.45) is 5.73 Å². The minimum atomic E-state index is 0.0277. The lowest BCUT2D eigenvalue weighted by Crippen LogP contribution is -2.26. The summed E-state index contributed by atoms with van der Waals surface area (Å²) in [6.45, 7) is 5.01. The molecule has 2 heteroatoms. The van der Waals surface area contributed by atoms with Gasteiger partial charge in [-0.1, -0.05) is 42.0 Å². The lowest BCUT2D eigenvalue weighted by Gasteiger charge is -2.31. The van der Waals surface area contributed by atoms with Gasteiger partial charge in [0.2, 0.25) is 0 Å². The van der Waals surface area contributed by atoms with Crippen molar-refractivity contribution in [3.05, 3.63) is 64.7 Å². The Balaban J connectivity index is 1.99. The molecule has 0 aliphatic carbocycles. The molecule has 2 aromatic rings. The average molecular weight is 267 g/mol. The summed E-state index contributed by atoms with van der Waals surface area (Å²) in [7, 11) is 0. The van der Waals surface area contributed by atoms with E-state index in [0.717, 1.165) is 18.8 Å². The Labute approximate surface area is 120 Å². The first-order valence-electron chi connectivity index (χ1n) is 7.21. The molecule has 0 radical (unpaired) electrons. The van der Waals surface area contributed by atoms with Gasteiger partial charge in [0.15, 0.2) is 0 Å². The Kier molecular flexibility index (Phi) is 3.49. The predicted octanol–water partition coefficient (Wildman–Crippen LogP) is 3.87. The van der Waals surface area contributed by atoms with E-state index in [2.05, 4.69) is 44.2 Å². The van der Waals surface area contributed by atoms with E-state index in [1.54, 1.807) is 0 Å². The van der Waals surface area contributed by atoms with Gasteiger partial charge in [-0.3, -0.25) is 0 Å². The molecule has 2 unspecified atom stereocenters. The number of aryl methyl sites for hydroxylation is 2. The van der Waals surface area contributed by atoms with Gasteiger partial charge in [0, 0.05) is 12.0 Å². The molecule has 3 rings (SSSR count). The molecule has 0 amide bonds. The second-order valence-electron chi connectivity index (χ2n) is 5.67. The maximum absolute atomic E-state index is 6.60. The third kappa shape index (κ3) is 2.32. The number of para-hydroxylation sites is 1. The lowest BCUT2D eigenvalue weighted by molar-refractivity contribution is 0.255. The van der Waals surface area contributed by atoms with Crippen LogP contribution >= 0.6 is 0 Å². The molecule has 20 heavy (non-hydrogen) atoms. The smallest absolute Gasteiger partial charge is 0.122 e. The highest BCUT2D eigenvalue weighted by Crippen LogP contribution is 2.40. The van der Waals surface area contributed by atoms with Crippen LogP contribution in [0.15, 0.2) is 42.5 Å². The molecular weight excluding hydrogens is 246 g/mol. The van der Waals surface area contributed by atoms with Gasteiger partial charge in [-0.05, 0) is 43.0 Å². The van der Waals surface area contributed by atoms with E-state index >= 15 is 0 Å². The van der Waals surface area contributed by atoms with Crippen LogP contribution in [0.25, 0.3) is 0 Å². The van der Waals surface area contributed by atoms with Gasteiger partial charge in [-0.25, -0.2) is 0 Å². The molecule has 0 saturated heterocycles. The average Bonchev–Trinajstić information content (AvgIpc) is 2.48. The Bertz CT molecular complexity index is 621. The third-order valence-corrected chi connectivity index (χ3v) is 4.23. The van der Waals surface area contributed by atoms with Crippen LogP contribution in [0.5, 0.6) is 5.75 Å². The van der Waals surface area contributed by atoms with Crippen LogP contribution < -0.4 is 10.5 Å². The molecule has 2 atom stereocenters. The van der Waals surface area contributed by atoms with Crippen molar-refractivity contribution < 1.29 is 4.74 Å². The Hall–Kier alpha value is -1.80. The molecule has 1 aliphatic rings. The first-order valence-corrected chi connectivity index (χ1v) is 7.21. The molecule has 1 aliphatic heterocycles. The van der Waals surface area contributed by atoms with E-state index in [9.17, 15) is 0 Å². The van der Waals surface area contributed by atoms with Crippen molar-refractivity contribution >= 4 is 0 Å². The largest absolute Gasteiger partial charge is 0.493 e. The Morgan fingerprint density at radius 3 is 2.80 bits per heavy atom. The molecule has 0 aromatic heterocycles. The summed E-state index contributed by atoms with van der Waals surface area (Å²) in [5.74, 6) is 1.32. The number of benzene rings is 2. The van der Waals surface area contributed by atoms with Crippen LogP contribution in [0, 0.1) is 13.8 Å². The standard InChI is InChI=1S/C18H21NO/c1-12-7-8-13(2)16(11-12)18(19)15-9-10-20-17-6-4-3-5-14(15)17/h3-8,11,15,18H,9-10,19H2,1-2H3.